The number of carbonyl (C=O) groups excluding carboxylic acids is 1. The van der Waals surface area contributed by atoms with Gasteiger partial charge in [0, 0.05) is 18.8 Å². The maximum Gasteiger partial charge on any atom is 0.257 e. The lowest BCUT2D eigenvalue weighted by Crippen LogP contribution is -2.41. The van der Waals surface area contributed by atoms with Crippen molar-refractivity contribution in [1.82, 2.24) is 9.88 Å². The molecule has 5 nitrogen and oxygen atoms in total. The number of hydrogen-bond donors (Lipinski definition) is 0. The second kappa shape index (κ2) is 5.46. The summed E-state index contributed by atoms with van der Waals surface area (Å²) in [5.41, 5.74) is 0.315. The number of carbonyl (C=O) groups is 1. The zero-order valence-corrected chi connectivity index (χ0v) is 12.1. The molecule has 1 atom stereocenters. The molecule has 0 spiro atoms. The largest absolute Gasteiger partial charge is 0.335 e. The van der Waals surface area contributed by atoms with E-state index in [2.05, 4.69) is 4.98 Å². The number of halogens is 1. The van der Waals surface area contributed by atoms with Crippen LogP contribution in [0.1, 0.15) is 23.7 Å². The van der Waals surface area contributed by atoms with Gasteiger partial charge in [0.1, 0.15) is 5.15 Å². The summed E-state index contributed by atoms with van der Waals surface area (Å²) < 4.78 is 23.0. The summed E-state index contributed by atoms with van der Waals surface area (Å²) in [4.78, 5) is 17.8. The van der Waals surface area contributed by atoms with E-state index < -0.39 is 9.84 Å². The summed E-state index contributed by atoms with van der Waals surface area (Å²) >= 11 is 5.91. The molecule has 0 saturated carbocycles. The van der Waals surface area contributed by atoms with Crippen molar-refractivity contribution in [3.63, 3.8) is 0 Å². The SMILES string of the molecule is CCN(C(=O)c1cccnc1Cl)C1CCS(=O)(=O)C1. The third-order valence-corrected chi connectivity index (χ3v) is 5.29. The van der Waals surface area contributed by atoms with Crippen molar-refractivity contribution < 1.29 is 13.2 Å². The van der Waals surface area contributed by atoms with E-state index in [0.29, 0.717) is 18.5 Å². The first-order chi connectivity index (χ1) is 8.94. The van der Waals surface area contributed by atoms with E-state index in [4.69, 9.17) is 11.6 Å². The molecular formula is C12H15ClN2O3S. The van der Waals surface area contributed by atoms with Crippen molar-refractivity contribution in [1.29, 1.82) is 0 Å². The van der Waals surface area contributed by atoms with Crippen LogP contribution in [0.3, 0.4) is 0 Å². The Balaban J connectivity index is 2.24. The minimum atomic E-state index is -3.02. The molecule has 1 aliphatic heterocycles. The molecule has 0 bridgehead atoms. The highest BCUT2D eigenvalue weighted by atomic mass is 35.5. The molecule has 1 fully saturated rings. The van der Waals surface area contributed by atoms with E-state index in [1.807, 2.05) is 6.92 Å². The zero-order chi connectivity index (χ0) is 14.0. The lowest BCUT2D eigenvalue weighted by atomic mass is 10.1. The molecule has 0 N–H and O–H groups in total. The predicted octanol–water partition coefficient (Wildman–Crippen LogP) is 1.38. The van der Waals surface area contributed by atoms with Crippen LogP contribution in [0, 0.1) is 0 Å². The average Bonchev–Trinajstić information content (AvgIpc) is 2.71. The third kappa shape index (κ3) is 3.06. The molecule has 19 heavy (non-hydrogen) atoms. The van der Waals surface area contributed by atoms with Gasteiger partial charge in [0.25, 0.3) is 5.91 Å². The van der Waals surface area contributed by atoms with Gasteiger partial charge in [-0.05, 0) is 25.5 Å². The molecule has 104 valence electrons. The highest BCUT2D eigenvalue weighted by molar-refractivity contribution is 7.91. The zero-order valence-electron chi connectivity index (χ0n) is 10.5. The quantitative estimate of drug-likeness (QED) is 0.791. The van der Waals surface area contributed by atoms with Gasteiger partial charge in [-0.15, -0.1) is 0 Å². The van der Waals surface area contributed by atoms with E-state index in [9.17, 15) is 13.2 Å². The molecule has 1 unspecified atom stereocenters. The summed E-state index contributed by atoms with van der Waals surface area (Å²) in [6, 6.07) is 2.97. The first-order valence-corrected chi connectivity index (χ1v) is 8.26. The van der Waals surface area contributed by atoms with Gasteiger partial charge in [-0.3, -0.25) is 4.79 Å². The first-order valence-electron chi connectivity index (χ1n) is 6.06. The first kappa shape index (κ1) is 14.3. The molecule has 1 amide bonds. The van der Waals surface area contributed by atoms with Crippen molar-refractivity contribution in [2.75, 3.05) is 18.1 Å². The van der Waals surface area contributed by atoms with E-state index >= 15 is 0 Å². The predicted molar refractivity (Wildman–Crippen MR) is 73.0 cm³/mol. The fourth-order valence-corrected chi connectivity index (χ4v) is 4.22. The molecule has 0 radical (unpaired) electrons. The fraction of sp³-hybridized carbons (Fsp3) is 0.500. The summed E-state index contributed by atoms with van der Waals surface area (Å²) in [7, 11) is -3.02. The molecule has 2 rings (SSSR count). The Morgan fingerprint density at radius 2 is 2.32 bits per heavy atom. The standard InChI is InChI=1S/C12H15ClN2O3S/c1-2-15(9-5-7-19(17,18)8-9)12(16)10-4-3-6-14-11(10)13/h3-4,6,9H,2,5,7-8H2,1H3. The van der Waals surface area contributed by atoms with Crippen molar-refractivity contribution in [2.45, 2.75) is 19.4 Å². The van der Waals surface area contributed by atoms with Gasteiger partial charge >= 0.3 is 0 Å². The van der Waals surface area contributed by atoms with Crippen LogP contribution in [0.2, 0.25) is 5.15 Å². The summed E-state index contributed by atoms with van der Waals surface area (Å²) in [5.74, 6) is -0.0881. The van der Waals surface area contributed by atoms with Crippen molar-refractivity contribution in [3.05, 3.63) is 29.0 Å². The van der Waals surface area contributed by atoms with Crippen LogP contribution in [-0.2, 0) is 9.84 Å². The third-order valence-electron chi connectivity index (χ3n) is 3.24. The topological polar surface area (TPSA) is 67.3 Å². The average molecular weight is 303 g/mol. The molecule has 7 heteroatoms. The minimum Gasteiger partial charge on any atom is -0.335 e. The van der Waals surface area contributed by atoms with E-state index in [-0.39, 0.29) is 28.6 Å². The Morgan fingerprint density at radius 1 is 1.58 bits per heavy atom. The van der Waals surface area contributed by atoms with Gasteiger partial charge < -0.3 is 4.90 Å². The monoisotopic (exact) mass is 302 g/mol. The fourth-order valence-electron chi connectivity index (χ4n) is 2.29. The van der Waals surface area contributed by atoms with Crippen LogP contribution in [0.5, 0.6) is 0 Å². The van der Waals surface area contributed by atoms with Crippen LogP contribution < -0.4 is 0 Å². The lowest BCUT2D eigenvalue weighted by Gasteiger charge is -2.27. The molecule has 0 aromatic carbocycles. The van der Waals surface area contributed by atoms with Crippen molar-refractivity contribution in [3.8, 4) is 0 Å². The van der Waals surface area contributed by atoms with Gasteiger partial charge in [-0.1, -0.05) is 11.6 Å². The van der Waals surface area contributed by atoms with Crippen LogP contribution in [0.25, 0.3) is 0 Å². The van der Waals surface area contributed by atoms with E-state index in [0.717, 1.165) is 0 Å². The Labute approximate surface area is 117 Å². The Bertz CT molecular complexity index is 588. The number of sulfone groups is 1. The Morgan fingerprint density at radius 3 is 2.84 bits per heavy atom. The number of amides is 1. The van der Waals surface area contributed by atoms with Crippen LogP contribution in [0.4, 0.5) is 0 Å². The van der Waals surface area contributed by atoms with Crippen LogP contribution in [-0.4, -0.2) is 48.3 Å². The molecule has 1 saturated heterocycles. The molecule has 2 heterocycles. The minimum absolute atomic E-state index is 0.0322. The molecule has 1 aromatic heterocycles. The second-order valence-corrected chi connectivity index (χ2v) is 7.08. The molecule has 1 aromatic rings. The maximum absolute atomic E-state index is 12.4. The van der Waals surface area contributed by atoms with Gasteiger partial charge in [0.2, 0.25) is 0 Å². The molecular weight excluding hydrogens is 288 g/mol. The Kier molecular flexibility index (Phi) is 4.10. The van der Waals surface area contributed by atoms with E-state index in [1.165, 1.54) is 6.20 Å². The molecule has 0 aliphatic carbocycles. The summed E-state index contributed by atoms with van der Waals surface area (Å²) in [6.07, 6.45) is 2.00. The van der Waals surface area contributed by atoms with Crippen LogP contribution in [0.15, 0.2) is 18.3 Å². The summed E-state index contributed by atoms with van der Waals surface area (Å²) in [6.45, 7) is 2.28. The lowest BCUT2D eigenvalue weighted by molar-refractivity contribution is 0.0708. The maximum atomic E-state index is 12.4. The normalized spacial score (nSPS) is 21.3. The second-order valence-electron chi connectivity index (χ2n) is 4.49. The number of rotatable bonds is 3. The van der Waals surface area contributed by atoms with Gasteiger partial charge in [-0.2, -0.15) is 0 Å². The van der Waals surface area contributed by atoms with Crippen molar-refractivity contribution in [2.24, 2.45) is 0 Å². The van der Waals surface area contributed by atoms with Crippen LogP contribution >= 0.6 is 11.6 Å². The Hall–Kier alpha value is -1.14. The van der Waals surface area contributed by atoms with Gasteiger partial charge in [-0.25, -0.2) is 13.4 Å². The highest BCUT2D eigenvalue weighted by Gasteiger charge is 2.34. The summed E-state index contributed by atoms with van der Waals surface area (Å²) in [5, 5.41) is 0.145. The number of pyridine rings is 1. The van der Waals surface area contributed by atoms with Gasteiger partial charge in [0.05, 0.1) is 17.1 Å². The van der Waals surface area contributed by atoms with Gasteiger partial charge in [0.15, 0.2) is 9.84 Å². The van der Waals surface area contributed by atoms with E-state index in [1.54, 1.807) is 17.0 Å². The number of nitrogens with zero attached hydrogens (tertiary/aromatic N) is 2. The smallest absolute Gasteiger partial charge is 0.257 e. The molecule has 1 aliphatic rings. The van der Waals surface area contributed by atoms with Crippen molar-refractivity contribution >= 4 is 27.3 Å². The number of aromatic nitrogens is 1. The highest BCUT2D eigenvalue weighted by Crippen LogP contribution is 2.21. The number of hydrogen-bond acceptors (Lipinski definition) is 4.